The minimum atomic E-state index is -1.53. The third-order valence-corrected chi connectivity index (χ3v) is 2.82. The van der Waals surface area contributed by atoms with Crippen molar-refractivity contribution < 1.29 is 38.8 Å². The summed E-state index contributed by atoms with van der Waals surface area (Å²) in [6.45, 7) is 3.20. The molecule has 21 heavy (non-hydrogen) atoms. The van der Waals surface area contributed by atoms with Crippen LogP contribution >= 0.6 is 0 Å². The summed E-state index contributed by atoms with van der Waals surface area (Å²) in [7, 11) is 0. The maximum Gasteiger partial charge on any atom is 0.303 e. The van der Waals surface area contributed by atoms with Gasteiger partial charge in [0.05, 0.1) is 0 Å². The second-order valence-corrected chi connectivity index (χ2v) is 4.66. The predicted octanol–water partition coefficient (Wildman–Crippen LogP) is -1.94. The van der Waals surface area contributed by atoms with Crippen LogP contribution < -0.4 is 5.32 Å². The number of hydrogen-bond donors (Lipinski definition) is 3. The van der Waals surface area contributed by atoms with Crippen molar-refractivity contribution in [2.24, 2.45) is 0 Å². The average molecular weight is 305 g/mol. The average Bonchev–Trinajstić information content (AvgIpc) is 2.35. The molecule has 120 valence electrons. The quantitative estimate of drug-likeness (QED) is 0.511. The van der Waals surface area contributed by atoms with Crippen LogP contribution in [0.15, 0.2) is 0 Å². The zero-order valence-corrected chi connectivity index (χ0v) is 11.9. The first-order chi connectivity index (χ1) is 9.72. The molecule has 0 aromatic carbocycles. The van der Waals surface area contributed by atoms with E-state index in [2.05, 4.69) is 5.32 Å². The van der Waals surface area contributed by atoms with Gasteiger partial charge in [-0.3, -0.25) is 14.4 Å². The lowest BCUT2D eigenvalue weighted by Crippen LogP contribution is -2.65. The Morgan fingerprint density at radius 2 is 1.76 bits per heavy atom. The molecule has 0 unspecified atom stereocenters. The zero-order valence-electron chi connectivity index (χ0n) is 11.9. The number of amides is 1. The summed E-state index contributed by atoms with van der Waals surface area (Å²) >= 11 is 0. The molecule has 1 saturated heterocycles. The Hall–Kier alpha value is -1.71. The van der Waals surface area contributed by atoms with E-state index in [1.54, 1.807) is 0 Å². The molecule has 1 heterocycles. The maximum atomic E-state index is 11.1. The predicted molar refractivity (Wildman–Crippen MR) is 66.7 cm³/mol. The number of carbonyl (C=O) groups is 3. The molecule has 0 bridgehead atoms. The van der Waals surface area contributed by atoms with Gasteiger partial charge >= 0.3 is 11.9 Å². The van der Waals surface area contributed by atoms with Gasteiger partial charge in [-0.05, 0) is 0 Å². The van der Waals surface area contributed by atoms with Crippen LogP contribution in [0.1, 0.15) is 20.8 Å². The van der Waals surface area contributed by atoms with E-state index >= 15 is 0 Å². The van der Waals surface area contributed by atoms with Crippen molar-refractivity contribution in [3.63, 3.8) is 0 Å². The summed E-state index contributed by atoms with van der Waals surface area (Å²) in [4.78, 5) is 33.0. The smallest absolute Gasteiger partial charge is 0.303 e. The van der Waals surface area contributed by atoms with E-state index in [4.69, 9.17) is 14.2 Å². The summed E-state index contributed by atoms with van der Waals surface area (Å²) in [6, 6.07) is -1.17. The van der Waals surface area contributed by atoms with Crippen LogP contribution in [0.5, 0.6) is 0 Å². The van der Waals surface area contributed by atoms with Crippen molar-refractivity contribution in [1.29, 1.82) is 0 Å². The SMILES string of the molecule is CC(=O)N[C@H]1[C@@H](O)[C@H](OC(C)=O)[C@@H](COC(C)=O)O[C@H]1O. The second kappa shape index (κ2) is 7.34. The highest BCUT2D eigenvalue weighted by Crippen LogP contribution is 2.23. The normalized spacial score (nSPS) is 32.1. The van der Waals surface area contributed by atoms with E-state index in [1.807, 2.05) is 0 Å². The van der Waals surface area contributed by atoms with Crippen molar-refractivity contribution in [3.05, 3.63) is 0 Å². The van der Waals surface area contributed by atoms with Crippen molar-refractivity contribution in [2.75, 3.05) is 6.61 Å². The van der Waals surface area contributed by atoms with Gasteiger partial charge in [0, 0.05) is 20.8 Å². The van der Waals surface area contributed by atoms with Crippen LogP contribution in [0.2, 0.25) is 0 Å². The highest BCUT2D eigenvalue weighted by molar-refractivity contribution is 5.73. The third kappa shape index (κ3) is 4.96. The van der Waals surface area contributed by atoms with Crippen LogP contribution in [-0.2, 0) is 28.6 Å². The van der Waals surface area contributed by atoms with Crippen LogP contribution in [0.3, 0.4) is 0 Å². The Labute approximate surface area is 121 Å². The number of esters is 2. The van der Waals surface area contributed by atoms with E-state index < -0.39 is 48.5 Å². The molecule has 1 rings (SSSR count). The molecule has 0 aromatic rings. The monoisotopic (exact) mass is 305 g/mol. The molecule has 1 aliphatic heterocycles. The number of carbonyl (C=O) groups excluding carboxylic acids is 3. The van der Waals surface area contributed by atoms with Crippen LogP contribution in [0, 0.1) is 0 Å². The van der Waals surface area contributed by atoms with Gasteiger partial charge in [0.2, 0.25) is 5.91 Å². The zero-order chi connectivity index (χ0) is 16.2. The highest BCUT2D eigenvalue weighted by atomic mass is 16.7. The van der Waals surface area contributed by atoms with Gasteiger partial charge in [0.15, 0.2) is 12.4 Å². The molecular weight excluding hydrogens is 286 g/mol. The maximum absolute atomic E-state index is 11.1. The Morgan fingerprint density at radius 1 is 1.14 bits per heavy atom. The minimum absolute atomic E-state index is 0.311. The second-order valence-electron chi connectivity index (χ2n) is 4.66. The number of hydrogen-bond acceptors (Lipinski definition) is 8. The van der Waals surface area contributed by atoms with Gasteiger partial charge in [-0.25, -0.2) is 0 Å². The minimum Gasteiger partial charge on any atom is -0.463 e. The van der Waals surface area contributed by atoms with E-state index in [-0.39, 0.29) is 6.61 Å². The van der Waals surface area contributed by atoms with Crippen molar-refractivity contribution in [1.82, 2.24) is 5.32 Å². The molecule has 0 spiro atoms. The lowest BCUT2D eigenvalue weighted by Gasteiger charge is -2.41. The molecule has 9 nitrogen and oxygen atoms in total. The van der Waals surface area contributed by atoms with Crippen molar-refractivity contribution in [2.45, 2.75) is 51.4 Å². The fourth-order valence-electron chi connectivity index (χ4n) is 2.00. The number of ether oxygens (including phenoxy) is 3. The van der Waals surface area contributed by atoms with Crippen LogP contribution in [-0.4, -0.2) is 65.3 Å². The molecular formula is C12H19NO8. The molecule has 0 radical (unpaired) electrons. The Morgan fingerprint density at radius 3 is 2.24 bits per heavy atom. The van der Waals surface area contributed by atoms with Gasteiger partial charge in [0.1, 0.15) is 24.9 Å². The summed E-state index contributed by atoms with van der Waals surface area (Å²) in [5.74, 6) is -1.77. The Balaban J connectivity index is 2.86. The summed E-state index contributed by atoms with van der Waals surface area (Å²) < 4.78 is 14.8. The van der Waals surface area contributed by atoms with Gasteiger partial charge in [-0.2, -0.15) is 0 Å². The van der Waals surface area contributed by atoms with Crippen LogP contribution in [0.4, 0.5) is 0 Å². The number of aliphatic hydroxyl groups excluding tert-OH is 2. The number of nitrogens with one attached hydrogen (secondary N) is 1. The molecule has 0 aliphatic carbocycles. The molecule has 0 saturated carbocycles. The molecule has 1 amide bonds. The first kappa shape index (κ1) is 17.3. The van der Waals surface area contributed by atoms with E-state index in [1.165, 1.54) is 13.8 Å². The fraction of sp³-hybridized carbons (Fsp3) is 0.750. The lowest BCUT2D eigenvalue weighted by molar-refractivity contribution is -0.260. The first-order valence-electron chi connectivity index (χ1n) is 6.31. The van der Waals surface area contributed by atoms with Gasteiger partial charge in [-0.15, -0.1) is 0 Å². The number of aliphatic hydroxyl groups is 2. The number of rotatable bonds is 4. The summed E-state index contributed by atoms with van der Waals surface area (Å²) in [6.07, 6.45) is -5.19. The van der Waals surface area contributed by atoms with Gasteiger partial charge < -0.3 is 29.7 Å². The third-order valence-electron chi connectivity index (χ3n) is 2.82. The molecule has 1 fully saturated rings. The fourth-order valence-corrected chi connectivity index (χ4v) is 2.00. The largest absolute Gasteiger partial charge is 0.463 e. The topological polar surface area (TPSA) is 131 Å². The summed E-state index contributed by atoms with van der Waals surface area (Å²) in [5.41, 5.74) is 0. The standard InChI is InChI=1S/C12H19NO8/c1-5(14)13-9-10(17)11(20-7(3)16)8(21-12(9)18)4-19-6(2)15/h8-12,17-18H,4H2,1-3H3,(H,13,14)/t8-,9+,10-,11-,12-/m1/s1. The lowest BCUT2D eigenvalue weighted by atomic mass is 9.96. The van der Waals surface area contributed by atoms with Gasteiger partial charge in [-0.1, -0.05) is 0 Å². The summed E-state index contributed by atoms with van der Waals surface area (Å²) in [5, 5.41) is 22.3. The Bertz CT molecular complexity index is 410. The molecule has 0 aromatic heterocycles. The van der Waals surface area contributed by atoms with E-state index in [0.29, 0.717) is 0 Å². The first-order valence-corrected chi connectivity index (χ1v) is 6.31. The molecule has 5 atom stereocenters. The van der Waals surface area contributed by atoms with Crippen molar-refractivity contribution in [3.8, 4) is 0 Å². The highest BCUT2D eigenvalue weighted by Gasteiger charge is 2.47. The molecule has 9 heteroatoms. The van der Waals surface area contributed by atoms with Crippen molar-refractivity contribution >= 4 is 17.8 Å². The van der Waals surface area contributed by atoms with E-state index in [9.17, 15) is 24.6 Å². The Kier molecular flexibility index (Phi) is 6.06. The molecule has 1 aliphatic rings. The molecule has 3 N–H and O–H groups in total. The van der Waals surface area contributed by atoms with Gasteiger partial charge in [0.25, 0.3) is 0 Å². The van der Waals surface area contributed by atoms with E-state index in [0.717, 1.165) is 6.92 Å². The van der Waals surface area contributed by atoms with Crippen LogP contribution in [0.25, 0.3) is 0 Å².